The van der Waals surface area contributed by atoms with Gasteiger partial charge >= 0.3 is 0 Å². The van der Waals surface area contributed by atoms with Crippen LogP contribution in [0.15, 0.2) is 41.3 Å². The Morgan fingerprint density at radius 2 is 1.72 bits per heavy atom. The van der Waals surface area contributed by atoms with Gasteiger partial charge in [0.25, 0.3) is 5.91 Å². The molecule has 0 spiro atoms. The molecule has 3 rings (SSSR count). The summed E-state index contributed by atoms with van der Waals surface area (Å²) in [6.45, 7) is 1.12. The Hall–Kier alpha value is -2.33. The molecule has 1 heterocycles. The van der Waals surface area contributed by atoms with Crippen molar-refractivity contribution in [3.63, 3.8) is 0 Å². The molecule has 1 N–H and O–H groups in total. The molecule has 0 atom stereocenters. The topological polar surface area (TPSA) is 94.2 Å². The number of carbonyl (C=O) groups is 1. The van der Waals surface area contributed by atoms with E-state index in [2.05, 4.69) is 5.32 Å². The lowest BCUT2D eigenvalue weighted by molar-refractivity contribution is 0.0729. The second kappa shape index (κ2) is 9.00. The average molecular weight is 441 g/mol. The molecule has 0 bridgehead atoms. The van der Waals surface area contributed by atoms with Crippen LogP contribution in [-0.2, 0) is 14.8 Å². The minimum atomic E-state index is -3.84. The van der Waals surface area contributed by atoms with Crippen molar-refractivity contribution in [3.05, 3.63) is 47.0 Å². The fourth-order valence-corrected chi connectivity index (χ4v) is 4.74. The first kappa shape index (κ1) is 21.4. The van der Waals surface area contributed by atoms with Crippen LogP contribution in [0.25, 0.3) is 0 Å². The number of halogens is 1. The predicted molar refractivity (Wildman–Crippen MR) is 109 cm³/mol. The van der Waals surface area contributed by atoms with Crippen molar-refractivity contribution >= 4 is 33.2 Å². The van der Waals surface area contributed by atoms with E-state index in [9.17, 15) is 13.2 Å². The first-order valence-corrected chi connectivity index (χ1v) is 10.6. The number of rotatable bonds is 6. The summed E-state index contributed by atoms with van der Waals surface area (Å²) in [6, 6.07) is 9.08. The first-order chi connectivity index (χ1) is 13.9. The average Bonchev–Trinajstić information content (AvgIpc) is 2.74. The van der Waals surface area contributed by atoms with E-state index in [0.29, 0.717) is 29.7 Å². The van der Waals surface area contributed by atoms with Gasteiger partial charge in [-0.15, -0.1) is 0 Å². The van der Waals surface area contributed by atoms with E-state index >= 15 is 0 Å². The highest BCUT2D eigenvalue weighted by Crippen LogP contribution is 2.30. The lowest BCUT2D eigenvalue weighted by atomic mass is 10.2. The van der Waals surface area contributed by atoms with Gasteiger partial charge in [-0.3, -0.25) is 4.79 Å². The summed E-state index contributed by atoms with van der Waals surface area (Å²) in [5, 5.41) is 3.04. The van der Waals surface area contributed by atoms with Gasteiger partial charge in [-0.25, -0.2) is 8.42 Å². The van der Waals surface area contributed by atoms with Crippen molar-refractivity contribution in [2.75, 3.05) is 45.8 Å². The van der Waals surface area contributed by atoms with E-state index in [-0.39, 0.29) is 29.3 Å². The highest BCUT2D eigenvalue weighted by Gasteiger charge is 2.30. The quantitative estimate of drug-likeness (QED) is 0.742. The minimum absolute atomic E-state index is 0.0673. The highest BCUT2D eigenvalue weighted by atomic mass is 35.5. The van der Waals surface area contributed by atoms with Crippen LogP contribution < -0.4 is 14.8 Å². The zero-order valence-electron chi connectivity index (χ0n) is 16.0. The Morgan fingerprint density at radius 3 is 2.34 bits per heavy atom. The number of benzene rings is 2. The van der Waals surface area contributed by atoms with E-state index in [1.54, 1.807) is 18.2 Å². The molecule has 1 aliphatic heterocycles. The van der Waals surface area contributed by atoms with Crippen LogP contribution in [0.3, 0.4) is 0 Å². The van der Waals surface area contributed by atoms with E-state index < -0.39 is 15.9 Å². The van der Waals surface area contributed by atoms with Gasteiger partial charge in [-0.1, -0.05) is 11.6 Å². The van der Waals surface area contributed by atoms with E-state index in [1.807, 2.05) is 0 Å². The zero-order chi connectivity index (χ0) is 21.0. The fourth-order valence-electron chi connectivity index (χ4n) is 2.89. The first-order valence-electron chi connectivity index (χ1n) is 8.77. The molecule has 1 amide bonds. The number of hydrogen-bond acceptors (Lipinski definition) is 6. The third kappa shape index (κ3) is 4.64. The summed E-state index contributed by atoms with van der Waals surface area (Å²) < 4.78 is 42.9. The molecule has 2 aromatic rings. The van der Waals surface area contributed by atoms with Crippen LogP contribution in [-0.4, -0.2) is 59.2 Å². The summed E-state index contributed by atoms with van der Waals surface area (Å²) in [6.07, 6.45) is 0. The van der Waals surface area contributed by atoms with Crippen LogP contribution >= 0.6 is 11.6 Å². The van der Waals surface area contributed by atoms with Crippen LogP contribution in [0.4, 0.5) is 5.69 Å². The molecule has 2 aromatic carbocycles. The summed E-state index contributed by atoms with van der Waals surface area (Å²) in [4.78, 5) is 12.6. The number of nitrogens with zero attached hydrogens (tertiary/aromatic N) is 1. The number of anilines is 1. The maximum Gasteiger partial charge on any atom is 0.255 e. The van der Waals surface area contributed by atoms with Crippen molar-refractivity contribution in [2.24, 2.45) is 0 Å². The van der Waals surface area contributed by atoms with Crippen molar-refractivity contribution in [3.8, 4) is 11.5 Å². The van der Waals surface area contributed by atoms with Crippen molar-refractivity contribution in [2.45, 2.75) is 4.90 Å². The third-order valence-electron chi connectivity index (χ3n) is 4.42. The lowest BCUT2D eigenvalue weighted by Crippen LogP contribution is -2.40. The Bertz CT molecular complexity index is 1010. The third-order valence-corrected chi connectivity index (χ3v) is 6.64. The number of nitrogens with one attached hydrogen (secondary N) is 1. The van der Waals surface area contributed by atoms with Gasteiger partial charge in [0.05, 0.1) is 32.5 Å². The molecule has 10 heteroatoms. The van der Waals surface area contributed by atoms with E-state index in [4.69, 9.17) is 25.8 Å². The lowest BCUT2D eigenvalue weighted by Gasteiger charge is -2.26. The number of morpholine rings is 1. The van der Waals surface area contributed by atoms with E-state index in [0.717, 1.165) is 0 Å². The van der Waals surface area contributed by atoms with Crippen molar-refractivity contribution in [1.82, 2.24) is 4.31 Å². The van der Waals surface area contributed by atoms with Crippen LogP contribution in [0.2, 0.25) is 5.02 Å². The number of amides is 1. The molecular formula is C19H21ClN2O6S. The second-order valence-electron chi connectivity index (χ2n) is 6.19. The zero-order valence-corrected chi connectivity index (χ0v) is 17.5. The summed E-state index contributed by atoms with van der Waals surface area (Å²) in [5.41, 5.74) is 0.624. The van der Waals surface area contributed by atoms with Gasteiger partial charge in [0.2, 0.25) is 10.0 Å². The largest absolute Gasteiger partial charge is 0.495 e. The molecular weight excluding hydrogens is 420 g/mol. The minimum Gasteiger partial charge on any atom is -0.495 e. The van der Waals surface area contributed by atoms with Gasteiger partial charge in [0, 0.05) is 24.3 Å². The number of hydrogen-bond donors (Lipinski definition) is 1. The van der Waals surface area contributed by atoms with Crippen molar-refractivity contribution in [1.29, 1.82) is 0 Å². The molecule has 1 fully saturated rings. The summed E-state index contributed by atoms with van der Waals surface area (Å²) in [7, 11) is -0.964. The van der Waals surface area contributed by atoms with Gasteiger partial charge in [-0.05, 0) is 36.4 Å². The molecule has 0 aliphatic carbocycles. The Kier molecular flexibility index (Phi) is 6.63. The molecule has 1 aliphatic rings. The van der Waals surface area contributed by atoms with Gasteiger partial charge in [0.15, 0.2) is 0 Å². The van der Waals surface area contributed by atoms with Crippen LogP contribution in [0.1, 0.15) is 10.4 Å². The van der Waals surface area contributed by atoms with Crippen LogP contribution in [0, 0.1) is 0 Å². The molecule has 156 valence electrons. The fraction of sp³-hybridized carbons (Fsp3) is 0.316. The molecule has 29 heavy (non-hydrogen) atoms. The normalized spacial score (nSPS) is 15.0. The smallest absolute Gasteiger partial charge is 0.255 e. The monoisotopic (exact) mass is 440 g/mol. The van der Waals surface area contributed by atoms with E-state index in [1.165, 1.54) is 36.7 Å². The molecule has 8 nitrogen and oxygen atoms in total. The van der Waals surface area contributed by atoms with Gasteiger partial charge in [0.1, 0.15) is 16.4 Å². The summed E-state index contributed by atoms with van der Waals surface area (Å²) in [5.74, 6) is 0.167. The predicted octanol–water partition coefficient (Wildman–Crippen LogP) is 2.63. The number of sulfonamides is 1. The van der Waals surface area contributed by atoms with Gasteiger partial charge < -0.3 is 19.5 Å². The Balaban J connectivity index is 1.89. The van der Waals surface area contributed by atoms with Crippen molar-refractivity contribution < 1.29 is 27.4 Å². The van der Waals surface area contributed by atoms with Crippen LogP contribution in [0.5, 0.6) is 11.5 Å². The molecule has 0 saturated carbocycles. The Labute approximate surface area is 174 Å². The SMILES string of the molecule is COc1ccc(NC(=O)c2ccc(OC)c(S(=O)(=O)N3CCOCC3)c2)cc1Cl. The molecule has 1 saturated heterocycles. The number of carbonyl (C=O) groups excluding carboxylic acids is 1. The summed E-state index contributed by atoms with van der Waals surface area (Å²) >= 11 is 6.08. The Morgan fingerprint density at radius 1 is 1.07 bits per heavy atom. The molecule has 0 radical (unpaired) electrons. The number of ether oxygens (including phenoxy) is 3. The van der Waals surface area contributed by atoms with Gasteiger partial charge in [-0.2, -0.15) is 4.31 Å². The second-order valence-corrected chi connectivity index (χ2v) is 8.50. The molecule has 0 unspecified atom stereocenters. The standard InChI is InChI=1S/C19H21ClN2O6S/c1-26-16-6-4-14(12-15(16)20)21-19(23)13-3-5-17(27-2)18(11-13)29(24,25)22-7-9-28-10-8-22/h3-6,11-12H,7-10H2,1-2H3,(H,21,23). The highest BCUT2D eigenvalue weighted by molar-refractivity contribution is 7.89. The maximum absolute atomic E-state index is 13.0. The number of methoxy groups -OCH3 is 2. The maximum atomic E-state index is 13.0. The molecule has 0 aromatic heterocycles.